The van der Waals surface area contributed by atoms with Crippen LogP contribution in [0.4, 0.5) is 9.59 Å². The number of rotatable bonds is 19. The zero-order valence-corrected chi connectivity index (χ0v) is 58.6. The molecule has 6 heterocycles. The Bertz CT molecular complexity index is 2710. The first kappa shape index (κ1) is 82.8. The number of fused-ring (bicyclic) bond motifs is 2. The van der Waals surface area contributed by atoms with Crippen LogP contribution in [0.25, 0.3) is 16.0 Å². The molecule has 5 fully saturated rings. The smallest absolute Gasteiger partial charge is 0.480 e. The third-order valence-corrected chi connectivity index (χ3v) is 22.3. The van der Waals surface area contributed by atoms with Crippen LogP contribution in [-0.2, 0) is 94.5 Å². The topological polar surface area (TPSA) is 363 Å². The van der Waals surface area contributed by atoms with Gasteiger partial charge in [-0.2, -0.15) is 0 Å². The Kier molecular flexibility index (Phi) is 39.5. The van der Waals surface area contributed by atoms with E-state index in [1.807, 2.05) is 0 Å². The van der Waals surface area contributed by atoms with Gasteiger partial charge in [0.2, 0.25) is 30.4 Å². The fraction of sp³-hybridized carbons (Fsp3) is 0.582. The Labute approximate surface area is 559 Å². The van der Waals surface area contributed by atoms with Crippen molar-refractivity contribution in [2.75, 3.05) is 56.8 Å². The standard InChI is InChI=1S/C20H21N3O6S.C19H21N7O6S.2C6H15P.C4H8O.2Au.B.N3/c1-4-10-29-19(28)22-12(11-8-6-5-7-9-11)15(24)21-13-16(25)23-14(18(26)27)20(2,3)30-17(13)23;1-19(2)13(17(29)30)26-15(28)12(16(26)33-19)21-14(27)11(10-6-4-3-5-7-10)22-18(31)32-9-25-8-20-23-24-25;2*1-4-7(5-2)6-3;1-2-4-5-3-1;;;;1-3-2/h1,5-9,12-14,17H,10H2,2-3H3,(H,21,24)(H,22,28)(H,26,27);3-7,11-13,16H,9H2,1-2H3,(H,20,24)(H,21,27)(H,22,31)(H,29,30);2*4-6H2,1-3H3;1-4H2;;;;/q;;;;;2*+1;;-1/t12-,13-,14+,17-;11-,12-,13+,16-;;;;;;;/m11......./s1. The van der Waals surface area contributed by atoms with Gasteiger partial charge in [0.1, 0.15) is 52.2 Å². The van der Waals surface area contributed by atoms with Crippen molar-refractivity contribution in [2.24, 2.45) is 0 Å². The number of hydrogen-bond donors (Lipinski definition) is 7. The molecule has 33 heteroatoms. The molecule has 88 heavy (non-hydrogen) atoms. The van der Waals surface area contributed by atoms with Crippen molar-refractivity contribution in [3.63, 3.8) is 0 Å². The number of tetrazole rings is 1. The minimum absolute atomic E-state index is 0. The van der Waals surface area contributed by atoms with Gasteiger partial charge in [0.25, 0.3) is 0 Å². The largest absolute Gasteiger partial charge is 1.00 e. The predicted molar refractivity (Wildman–Crippen MR) is 331 cm³/mol. The van der Waals surface area contributed by atoms with E-state index in [1.165, 1.54) is 92.7 Å². The number of nitrogens with one attached hydrogen (secondary N) is 5. The second kappa shape index (κ2) is 42.0. The normalized spacial score (nSPS) is 20.4. The molecular formula is C55H80Au2BN13O13P2S2+. The van der Waals surface area contributed by atoms with Gasteiger partial charge in [-0.25, -0.2) is 19.2 Å². The molecule has 8 atom stereocenters. The van der Waals surface area contributed by atoms with Crippen molar-refractivity contribution in [3.8, 4) is 12.3 Å². The molecule has 0 bridgehead atoms. The van der Waals surface area contributed by atoms with Crippen LogP contribution >= 0.6 is 39.4 Å². The number of carboxylic acid groups (broad SMARTS) is 2. The first-order valence-corrected chi connectivity index (χ1v) is 33.2. The van der Waals surface area contributed by atoms with Gasteiger partial charge in [-0.15, -0.1) is 56.1 Å². The van der Waals surface area contributed by atoms with Crippen LogP contribution in [0.3, 0.4) is 0 Å². The van der Waals surface area contributed by atoms with Crippen molar-refractivity contribution in [2.45, 2.75) is 145 Å². The fourth-order valence-corrected chi connectivity index (χ4v) is 15.2. The van der Waals surface area contributed by atoms with Gasteiger partial charge < -0.3 is 71.2 Å². The average Bonchev–Trinajstić information content (AvgIpc) is 1.65. The second-order valence-electron chi connectivity index (χ2n) is 20.0. The summed E-state index contributed by atoms with van der Waals surface area (Å²) >= 11 is 2.63. The Balaban J connectivity index is 0.00000125. The van der Waals surface area contributed by atoms with Gasteiger partial charge in [0.15, 0.2) is 6.61 Å². The number of hydrogen-bond acceptors (Lipinski definition) is 15. The van der Waals surface area contributed by atoms with Crippen molar-refractivity contribution in [1.82, 2.24) is 46.6 Å². The minimum atomic E-state index is -1.15. The molecule has 0 spiro atoms. The quantitative estimate of drug-likeness (QED) is 0.00832. The summed E-state index contributed by atoms with van der Waals surface area (Å²) in [5.74, 6) is -2.22. The molecule has 8 rings (SSSR count). The Morgan fingerprint density at radius 3 is 1.39 bits per heavy atom. The summed E-state index contributed by atoms with van der Waals surface area (Å²) in [5.41, 5.74) is 14.5. The summed E-state index contributed by atoms with van der Waals surface area (Å²) < 4.78 is 14.5. The molecule has 1 aromatic heterocycles. The number of nitrogens with zero attached hydrogens (tertiary/aromatic N) is 8. The maximum absolute atomic E-state index is 13.1. The summed E-state index contributed by atoms with van der Waals surface area (Å²) in [6.07, 6.45) is 16.8. The van der Waals surface area contributed by atoms with Gasteiger partial charge in [-0.3, -0.25) is 24.1 Å². The number of carbonyl (C=O) groups is 8. The van der Waals surface area contributed by atoms with E-state index in [9.17, 15) is 48.6 Å². The molecule has 0 aliphatic carbocycles. The summed E-state index contributed by atoms with van der Waals surface area (Å²) in [5, 5.41) is 37.5. The number of aromatic amines is 1. The van der Waals surface area contributed by atoms with E-state index >= 15 is 0 Å². The van der Waals surface area contributed by atoms with Crippen molar-refractivity contribution in [1.29, 1.82) is 0 Å². The van der Waals surface area contributed by atoms with Gasteiger partial charge in [-0.1, -0.05) is 108 Å². The Morgan fingerprint density at radius 1 is 0.739 bits per heavy atom. The first-order chi connectivity index (χ1) is 40.5. The van der Waals surface area contributed by atoms with Gasteiger partial charge in [0, 0.05) is 31.1 Å². The van der Waals surface area contributed by atoms with Crippen LogP contribution in [0.5, 0.6) is 0 Å². The van der Waals surface area contributed by atoms with Crippen LogP contribution in [0.2, 0.25) is 0 Å². The molecule has 5 aliphatic rings. The average molecular weight is 1660 g/mol. The number of benzene rings is 2. The summed E-state index contributed by atoms with van der Waals surface area (Å²) in [4.78, 5) is 103. The number of thioether (sulfide) groups is 2. The van der Waals surface area contributed by atoms with Crippen LogP contribution in [0.15, 0.2) is 60.7 Å². The molecule has 26 nitrogen and oxygen atoms in total. The number of carbonyl (C=O) groups excluding carboxylic acids is 6. The number of alkyl carbamates (subject to hydrolysis) is 2. The molecular weight excluding hydrogens is 1580 g/mol. The zero-order chi connectivity index (χ0) is 63.4. The molecule has 0 saturated carbocycles. The Morgan fingerprint density at radius 2 is 1.10 bits per heavy atom. The molecule has 0 unspecified atom stereocenters. The molecule has 5 aliphatic heterocycles. The molecule has 7 N–H and O–H groups in total. The molecule has 3 radical (unpaired) electrons. The van der Waals surface area contributed by atoms with Gasteiger partial charge in [-0.05, 0) is 95.0 Å². The van der Waals surface area contributed by atoms with Crippen LogP contribution in [-0.4, -0.2) is 193 Å². The number of terminal acetylenes is 1. The van der Waals surface area contributed by atoms with Crippen LogP contribution in [0, 0.1) is 18.7 Å². The molecule has 489 valence electrons. The maximum Gasteiger partial charge on any atom is 1.00 e. The van der Waals surface area contributed by atoms with E-state index in [4.69, 9.17) is 31.7 Å². The molecule has 2 aromatic carbocycles. The zero-order valence-electron chi connectivity index (χ0n) is 50.8. The van der Waals surface area contributed by atoms with E-state index in [1.54, 1.807) is 88.4 Å². The SMILES string of the molecule is C#CCOC(=O)N[C@@H](C(=O)N[C@@H]1C(=O)N2[C@@H]1SC(C)(C)[C@@H]2C(=O)O)c1ccccc1.C1CCOC1.CC1(C)S[C@@H]2[C@H](NC(=O)[C@H](NC(=O)OC[n+]3[c-]nn[nH]3)c3ccccc3)C(=O)N2[C@H]1C(=O)O.CCP(CC)CC.CCP(CC)CC.[Au+].[Au+].[B].[N-]=[N+]=[N-]. The van der Waals surface area contributed by atoms with Crippen LogP contribution in [0.1, 0.15) is 105 Å². The third-order valence-electron chi connectivity index (χ3n) is 13.8. The number of β-lactam (4-membered cyclic amide) rings is 2. The maximum atomic E-state index is 13.1. The minimum Gasteiger partial charge on any atom is -0.480 e. The number of carboxylic acids is 2. The van der Waals surface area contributed by atoms with Crippen LogP contribution < -0.4 is 25.9 Å². The van der Waals surface area contributed by atoms with Crippen molar-refractivity contribution < 1.29 is 112 Å². The third kappa shape index (κ3) is 24.2. The monoisotopic (exact) mass is 1660 g/mol. The number of ether oxygens (including phenoxy) is 3. The first-order valence-electron chi connectivity index (χ1n) is 27.6. The van der Waals surface area contributed by atoms with E-state index in [0.29, 0.717) is 27.0 Å². The van der Waals surface area contributed by atoms with Crippen molar-refractivity contribution in [3.05, 3.63) is 94.1 Å². The number of aliphatic carboxylic acids is 2. The number of aromatic nitrogens is 4. The fourth-order valence-electron chi connectivity index (χ4n) is 9.29. The summed E-state index contributed by atoms with van der Waals surface area (Å²) in [6, 6.07) is 10.9. The summed E-state index contributed by atoms with van der Waals surface area (Å²) in [7, 11) is 0.892. The van der Waals surface area contributed by atoms with E-state index in [2.05, 4.69) is 90.6 Å². The number of H-pyrrole nitrogens is 1. The van der Waals surface area contributed by atoms with Gasteiger partial charge in [0.05, 0.1) is 0 Å². The molecule has 3 aromatic rings. The predicted octanol–water partition coefficient (Wildman–Crippen LogP) is 6.00. The molecule has 5 saturated heterocycles. The number of amides is 6. The van der Waals surface area contributed by atoms with E-state index in [-0.39, 0.29) is 66.5 Å². The van der Waals surface area contributed by atoms with Crippen molar-refractivity contribution >= 4 is 95.5 Å². The summed E-state index contributed by atoms with van der Waals surface area (Å²) in [6.45, 7) is 22.2. The van der Waals surface area contributed by atoms with E-state index < -0.39 is 104 Å². The second-order valence-corrected chi connectivity index (χ2v) is 30.0. The molecule has 6 amide bonds. The Hall–Kier alpha value is -5.19. The van der Waals surface area contributed by atoms with Gasteiger partial charge >= 0.3 is 68.9 Å². The van der Waals surface area contributed by atoms with E-state index in [0.717, 1.165) is 13.2 Å².